The Labute approximate surface area is 73.3 Å². The zero-order chi connectivity index (χ0) is 9.84. The smallest absolute Gasteiger partial charge is 0.409 e. The second-order valence-electron chi connectivity index (χ2n) is 2.17. The Bertz CT molecular complexity index is 384. The molecule has 0 unspecified atom stereocenters. The van der Waals surface area contributed by atoms with Gasteiger partial charge in [-0.25, -0.2) is 9.18 Å². The van der Waals surface area contributed by atoms with Gasteiger partial charge in [0.25, 0.3) is 0 Å². The highest BCUT2D eigenvalue weighted by molar-refractivity contribution is 5.69. The van der Waals surface area contributed by atoms with Gasteiger partial charge in [-0.15, -0.1) is 0 Å². The number of halogens is 1. The van der Waals surface area contributed by atoms with E-state index in [4.69, 9.17) is 11.0 Å². The molecule has 0 aromatic heterocycles. The molecular formula is C8H5FN2O2. The number of benzene rings is 1. The molecule has 0 heterocycles. The molecule has 0 radical (unpaired) electrons. The average Bonchev–Trinajstić information content (AvgIpc) is 2.07. The molecule has 0 fully saturated rings. The first kappa shape index (κ1) is 9.00. The number of nitrogens with zero attached hydrogens (tertiary/aromatic N) is 1. The van der Waals surface area contributed by atoms with Crippen LogP contribution in [0.2, 0.25) is 0 Å². The van der Waals surface area contributed by atoms with E-state index in [1.807, 2.05) is 0 Å². The number of rotatable bonds is 1. The van der Waals surface area contributed by atoms with Crippen LogP contribution in [-0.2, 0) is 0 Å². The monoisotopic (exact) mass is 180 g/mol. The van der Waals surface area contributed by atoms with Crippen LogP contribution in [0.1, 0.15) is 5.56 Å². The Kier molecular flexibility index (Phi) is 2.45. The van der Waals surface area contributed by atoms with E-state index in [2.05, 4.69) is 4.74 Å². The molecule has 0 aliphatic rings. The average molecular weight is 180 g/mol. The second kappa shape index (κ2) is 3.54. The lowest BCUT2D eigenvalue weighted by atomic mass is 10.2. The van der Waals surface area contributed by atoms with Crippen LogP contribution >= 0.6 is 0 Å². The van der Waals surface area contributed by atoms with E-state index in [1.54, 1.807) is 6.07 Å². The van der Waals surface area contributed by atoms with E-state index in [0.29, 0.717) is 0 Å². The third kappa shape index (κ3) is 2.17. The Balaban J connectivity index is 3.08. The molecule has 1 aromatic carbocycles. The molecule has 1 rings (SSSR count). The highest BCUT2D eigenvalue weighted by Crippen LogP contribution is 2.18. The lowest BCUT2D eigenvalue weighted by molar-refractivity contribution is 0.210. The minimum Gasteiger partial charge on any atom is -0.409 e. The highest BCUT2D eigenvalue weighted by atomic mass is 19.1. The lowest BCUT2D eigenvalue weighted by Gasteiger charge is -2.01. The normalized spacial score (nSPS) is 8.92. The first-order valence-electron chi connectivity index (χ1n) is 3.30. The van der Waals surface area contributed by atoms with Crippen LogP contribution in [0.15, 0.2) is 18.2 Å². The first-order valence-corrected chi connectivity index (χ1v) is 3.30. The third-order valence-electron chi connectivity index (χ3n) is 1.27. The standard InChI is InChI=1S/C8H5FN2O2/c9-6-1-2-7(13-8(11)12)5(3-6)4-10/h1-3H,(H2,11,12). The van der Waals surface area contributed by atoms with Crippen molar-refractivity contribution in [3.8, 4) is 11.8 Å². The van der Waals surface area contributed by atoms with Gasteiger partial charge in [-0.05, 0) is 18.2 Å². The fourth-order valence-electron chi connectivity index (χ4n) is 0.787. The molecule has 4 nitrogen and oxygen atoms in total. The summed E-state index contributed by atoms with van der Waals surface area (Å²) in [4.78, 5) is 10.3. The van der Waals surface area contributed by atoms with Crippen molar-refractivity contribution in [1.29, 1.82) is 5.26 Å². The summed E-state index contributed by atoms with van der Waals surface area (Å²) in [6.07, 6.45) is -1.04. The zero-order valence-corrected chi connectivity index (χ0v) is 6.45. The molecule has 5 heteroatoms. The molecular weight excluding hydrogens is 175 g/mol. The van der Waals surface area contributed by atoms with Gasteiger partial charge in [0.2, 0.25) is 0 Å². The molecule has 0 saturated carbocycles. The number of nitrogens with two attached hydrogens (primary N) is 1. The molecule has 13 heavy (non-hydrogen) atoms. The van der Waals surface area contributed by atoms with E-state index in [-0.39, 0.29) is 11.3 Å². The number of hydrogen-bond acceptors (Lipinski definition) is 3. The van der Waals surface area contributed by atoms with Gasteiger partial charge in [0.1, 0.15) is 11.9 Å². The summed E-state index contributed by atoms with van der Waals surface area (Å²) >= 11 is 0. The largest absolute Gasteiger partial charge is 0.410 e. The molecule has 1 aromatic rings. The van der Waals surface area contributed by atoms with Crippen LogP contribution in [0, 0.1) is 17.1 Å². The molecule has 2 N–H and O–H groups in total. The number of hydrogen-bond donors (Lipinski definition) is 1. The van der Waals surface area contributed by atoms with Crippen LogP contribution in [0.4, 0.5) is 9.18 Å². The van der Waals surface area contributed by atoms with Crippen molar-refractivity contribution in [2.24, 2.45) is 5.73 Å². The minimum absolute atomic E-state index is 0.0450. The molecule has 0 bridgehead atoms. The van der Waals surface area contributed by atoms with Gasteiger partial charge in [-0.2, -0.15) is 5.26 Å². The van der Waals surface area contributed by atoms with Crippen LogP contribution in [0.5, 0.6) is 5.75 Å². The highest BCUT2D eigenvalue weighted by Gasteiger charge is 2.06. The summed E-state index contributed by atoms with van der Waals surface area (Å²) < 4.78 is 17.0. The number of primary amides is 1. The Morgan fingerprint density at radius 1 is 1.62 bits per heavy atom. The fourth-order valence-corrected chi connectivity index (χ4v) is 0.787. The van der Waals surface area contributed by atoms with Gasteiger partial charge in [0, 0.05) is 0 Å². The van der Waals surface area contributed by atoms with E-state index in [1.165, 1.54) is 6.07 Å². The van der Waals surface area contributed by atoms with Gasteiger partial charge in [-0.3, -0.25) is 0 Å². The minimum atomic E-state index is -1.04. The predicted octanol–water partition coefficient (Wildman–Crippen LogP) is 1.15. The molecule has 0 spiro atoms. The number of carbonyl (C=O) groups is 1. The molecule has 0 aliphatic carbocycles. The quantitative estimate of drug-likeness (QED) is 0.704. The first-order chi connectivity index (χ1) is 6.13. The van der Waals surface area contributed by atoms with E-state index in [0.717, 1.165) is 12.1 Å². The maximum absolute atomic E-state index is 12.5. The van der Waals surface area contributed by atoms with E-state index < -0.39 is 11.9 Å². The molecule has 1 amide bonds. The third-order valence-corrected chi connectivity index (χ3v) is 1.27. The molecule has 66 valence electrons. The summed E-state index contributed by atoms with van der Waals surface area (Å²) in [6.45, 7) is 0. The van der Waals surface area contributed by atoms with Crippen molar-refractivity contribution < 1.29 is 13.9 Å². The van der Waals surface area contributed by atoms with Crippen LogP contribution in [0.3, 0.4) is 0 Å². The van der Waals surface area contributed by atoms with Crippen LogP contribution < -0.4 is 10.5 Å². The summed E-state index contributed by atoms with van der Waals surface area (Å²) in [5.41, 5.74) is 4.65. The van der Waals surface area contributed by atoms with Gasteiger partial charge in [0.15, 0.2) is 5.75 Å². The van der Waals surface area contributed by atoms with Crippen molar-refractivity contribution in [2.75, 3.05) is 0 Å². The Hall–Kier alpha value is -2.09. The van der Waals surface area contributed by atoms with Gasteiger partial charge in [0.05, 0.1) is 5.56 Å². The van der Waals surface area contributed by atoms with E-state index >= 15 is 0 Å². The van der Waals surface area contributed by atoms with Crippen molar-refractivity contribution in [2.45, 2.75) is 0 Å². The summed E-state index contributed by atoms with van der Waals surface area (Å²) in [5.74, 6) is -0.621. The summed E-state index contributed by atoms with van der Waals surface area (Å²) in [7, 11) is 0. The number of ether oxygens (including phenoxy) is 1. The molecule has 0 atom stereocenters. The molecule has 0 aliphatic heterocycles. The number of amides is 1. The van der Waals surface area contributed by atoms with Gasteiger partial charge >= 0.3 is 6.09 Å². The van der Waals surface area contributed by atoms with Gasteiger partial charge < -0.3 is 10.5 Å². The number of carbonyl (C=O) groups excluding carboxylic acids is 1. The van der Waals surface area contributed by atoms with Crippen molar-refractivity contribution >= 4 is 6.09 Å². The van der Waals surface area contributed by atoms with Crippen LogP contribution in [0.25, 0.3) is 0 Å². The zero-order valence-electron chi connectivity index (χ0n) is 6.45. The van der Waals surface area contributed by atoms with Crippen molar-refractivity contribution in [1.82, 2.24) is 0 Å². The predicted molar refractivity (Wildman–Crippen MR) is 41.3 cm³/mol. The maximum Gasteiger partial charge on any atom is 0.410 e. The van der Waals surface area contributed by atoms with Crippen LogP contribution in [-0.4, -0.2) is 6.09 Å². The van der Waals surface area contributed by atoms with Crippen molar-refractivity contribution in [3.05, 3.63) is 29.6 Å². The Morgan fingerprint density at radius 2 is 2.31 bits per heavy atom. The van der Waals surface area contributed by atoms with Gasteiger partial charge in [-0.1, -0.05) is 0 Å². The summed E-state index contributed by atoms with van der Waals surface area (Å²) in [5, 5.41) is 8.51. The maximum atomic E-state index is 12.5. The lowest BCUT2D eigenvalue weighted by Crippen LogP contribution is -2.16. The summed E-state index contributed by atoms with van der Waals surface area (Å²) in [6, 6.07) is 4.86. The van der Waals surface area contributed by atoms with E-state index in [9.17, 15) is 9.18 Å². The SMILES string of the molecule is N#Cc1cc(F)ccc1OC(N)=O. The van der Waals surface area contributed by atoms with Crippen molar-refractivity contribution in [3.63, 3.8) is 0 Å². The topological polar surface area (TPSA) is 76.1 Å². The fraction of sp³-hybridized carbons (Fsp3) is 0. The second-order valence-corrected chi connectivity index (χ2v) is 2.17. The molecule has 0 saturated heterocycles. The Morgan fingerprint density at radius 3 is 2.85 bits per heavy atom. The number of nitriles is 1.